The van der Waals surface area contributed by atoms with E-state index in [1.165, 1.54) is 16.2 Å². The molecule has 28 heavy (non-hydrogen) atoms. The van der Waals surface area contributed by atoms with Gasteiger partial charge in [0.1, 0.15) is 15.9 Å². The van der Waals surface area contributed by atoms with Crippen LogP contribution in [0, 0.1) is 6.92 Å². The molecule has 1 saturated heterocycles. The molecule has 1 aromatic heterocycles. The molecule has 1 aliphatic rings. The maximum absolute atomic E-state index is 12.7. The van der Waals surface area contributed by atoms with Gasteiger partial charge < -0.3 is 9.47 Å². The van der Waals surface area contributed by atoms with Gasteiger partial charge in [-0.05, 0) is 30.7 Å². The molecule has 1 aliphatic heterocycles. The van der Waals surface area contributed by atoms with Crippen molar-refractivity contribution in [2.45, 2.75) is 6.92 Å². The van der Waals surface area contributed by atoms with Crippen LogP contribution in [0.25, 0.3) is 6.08 Å². The van der Waals surface area contributed by atoms with Gasteiger partial charge in [-0.2, -0.15) is 0 Å². The van der Waals surface area contributed by atoms with E-state index < -0.39 is 0 Å². The van der Waals surface area contributed by atoms with Crippen LogP contribution in [0.3, 0.4) is 0 Å². The van der Waals surface area contributed by atoms with Crippen LogP contribution in [0.5, 0.6) is 11.5 Å². The molecule has 0 atom stereocenters. The van der Waals surface area contributed by atoms with Gasteiger partial charge >= 0.3 is 0 Å². The van der Waals surface area contributed by atoms with Gasteiger partial charge in [-0.15, -0.1) is 10.2 Å². The van der Waals surface area contributed by atoms with Crippen molar-refractivity contribution >= 4 is 62.7 Å². The van der Waals surface area contributed by atoms with E-state index in [1.54, 1.807) is 45.4 Å². The number of carbonyl (C=O) groups is 2. The van der Waals surface area contributed by atoms with Crippen LogP contribution in [0.1, 0.15) is 10.6 Å². The lowest BCUT2D eigenvalue weighted by Crippen LogP contribution is -2.36. The largest absolute Gasteiger partial charge is 0.493 e. The number of thioether (sulfide) groups is 1. The SMILES string of the molecule is COc1ccc(/C=C2\SC(=S)N(CC(=O)Nc3nnc(C)s3)C2=O)cc1OC. The van der Waals surface area contributed by atoms with E-state index in [1.807, 2.05) is 0 Å². The predicted octanol–water partition coefficient (Wildman–Crippen LogP) is 2.70. The molecule has 11 heteroatoms. The number of aromatic nitrogens is 2. The molecule has 0 unspecified atom stereocenters. The molecule has 0 saturated carbocycles. The zero-order chi connectivity index (χ0) is 20.3. The van der Waals surface area contributed by atoms with Crippen LogP contribution in [-0.2, 0) is 9.59 Å². The minimum absolute atomic E-state index is 0.188. The highest BCUT2D eigenvalue weighted by Crippen LogP contribution is 2.34. The first-order valence-corrected chi connectivity index (χ1v) is 10.0. The predicted molar refractivity (Wildman–Crippen MR) is 113 cm³/mol. The first kappa shape index (κ1) is 20.2. The maximum Gasteiger partial charge on any atom is 0.266 e. The Hall–Kier alpha value is -2.50. The summed E-state index contributed by atoms with van der Waals surface area (Å²) in [5, 5.41) is 11.4. The van der Waals surface area contributed by atoms with Crippen molar-refractivity contribution in [2.75, 3.05) is 26.1 Å². The van der Waals surface area contributed by atoms with E-state index >= 15 is 0 Å². The number of anilines is 1. The highest BCUT2D eigenvalue weighted by Gasteiger charge is 2.33. The van der Waals surface area contributed by atoms with Crippen molar-refractivity contribution in [1.82, 2.24) is 15.1 Å². The summed E-state index contributed by atoms with van der Waals surface area (Å²) in [6.45, 7) is 1.60. The second kappa shape index (κ2) is 8.67. The van der Waals surface area contributed by atoms with E-state index in [0.717, 1.165) is 22.3 Å². The van der Waals surface area contributed by atoms with Gasteiger partial charge in [0.2, 0.25) is 11.0 Å². The van der Waals surface area contributed by atoms with Gasteiger partial charge in [0.25, 0.3) is 5.91 Å². The number of amides is 2. The van der Waals surface area contributed by atoms with Crippen LogP contribution < -0.4 is 14.8 Å². The third kappa shape index (κ3) is 4.49. The number of nitrogens with one attached hydrogen (secondary N) is 1. The Morgan fingerprint density at radius 1 is 1.29 bits per heavy atom. The molecule has 8 nitrogen and oxygen atoms in total. The van der Waals surface area contributed by atoms with Crippen LogP contribution in [-0.4, -0.2) is 52.0 Å². The Balaban J connectivity index is 1.72. The first-order valence-electron chi connectivity index (χ1n) is 7.98. The molecular formula is C17H16N4O4S3. The summed E-state index contributed by atoms with van der Waals surface area (Å²) in [6.07, 6.45) is 1.70. The topological polar surface area (TPSA) is 93.6 Å². The average molecular weight is 437 g/mol. The second-order valence-electron chi connectivity index (χ2n) is 5.56. The Kier molecular flexibility index (Phi) is 6.27. The molecule has 3 rings (SSSR count). The summed E-state index contributed by atoms with van der Waals surface area (Å²) in [7, 11) is 3.09. The normalized spacial score (nSPS) is 15.2. The third-order valence-corrected chi connectivity index (χ3v) is 5.78. The highest BCUT2D eigenvalue weighted by atomic mass is 32.2. The molecule has 0 radical (unpaired) electrons. The summed E-state index contributed by atoms with van der Waals surface area (Å²) in [4.78, 5) is 26.6. The molecule has 2 aromatic rings. The van der Waals surface area contributed by atoms with Crippen LogP contribution in [0.4, 0.5) is 5.13 Å². The number of aryl methyl sites for hydroxylation is 1. The van der Waals surface area contributed by atoms with Crippen molar-refractivity contribution in [2.24, 2.45) is 0 Å². The van der Waals surface area contributed by atoms with Gasteiger partial charge in [-0.25, -0.2) is 0 Å². The van der Waals surface area contributed by atoms with Gasteiger partial charge in [-0.1, -0.05) is 41.4 Å². The lowest BCUT2D eigenvalue weighted by molar-refractivity contribution is -0.126. The molecular weight excluding hydrogens is 420 g/mol. The molecule has 0 spiro atoms. The molecule has 146 valence electrons. The van der Waals surface area contributed by atoms with Crippen molar-refractivity contribution in [3.05, 3.63) is 33.7 Å². The Morgan fingerprint density at radius 3 is 2.68 bits per heavy atom. The van der Waals surface area contributed by atoms with Gasteiger partial charge in [0, 0.05) is 0 Å². The summed E-state index contributed by atoms with van der Waals surface area (Å²) in [6, 6.07) is 5.32. The van der Waals surface area contributed by atoms with E-state index in [0.29, 0.717) is 25.9 Å². The Bertz CT molecular complexity index is 973. The first-order chi connectivity index (χ1) is 13.4. The zero-order valence-corrected chi connectivity index (χ0v) is 17.7. The maximum atomic E-state index is 12.7. The quantitative estimate of drug-likeness (QED) is 0.546. The molecule has 2 heterocycles. The highest BCUT2D eigenvalue weighted by molar-refractivity contribution is 8.26. The standard InChI is InChI=1S/C17H16N4O4S3/c1-9-19-20-16(27-9)18-14(22)8-21-15(23)13(28-17(21)26)7-10-4-5-11(24-2)12(6-10)25-3/h4-7H,8H2,1-3H3,(H,18,20,22)/b13-7-. The number of carbonyl (C=O) groups excluding carboxylic acids is 2. The number of methoxy groups -OCH3 is 2. The van der Waals surface area contributed by atoms with Crippen molar-refractivity contribution < 1.29 is 19.1 Å². The fourth-order valence-electron chi connectivity index (χ4n) is 2.38. The molecule has 0 bridgehead atoms. The van der Waals surface area contributed by atoms with E-state index in [-0.39, 0.29) is 18.4 Å². The van der Waals surface area contributed by atoms with E-state index in [4.69, 9.17) is 21.7 Å². The van der Waals surface area contributed by atoms with E-state index in [2.05, 4.69) is 15.5 Å². The number of ether oxygens (including phenoxy) is 2. The Labute approximate surface area is 174 Å². The zero-order valence-electron chi connectivity index (χ0n) is 15.2. The molecule has 1 N–H and O–H groups in total. The second-order valence-corrected chi connectivity index (χ2v) is 8.41. The minimum atomic E-state index is -0.389. The molecule has 0 aliphatic carbocycles. The average Bonchev–Trinajstić information content (AvgIpc) is 3.19. The smallest absolute Gasteiger partial charge is 0.266 e. The van der Waals surface area contributed by atoms with Crippen molar-refractivity contribution in [3.8, 4) is 11.5 Å². The van der Waals surface area contributed by atoms with Crippen LogP contribution in [0.2, 0.25) is 0 Å². The minimum Gasteiger partial charge on any atom is -0.493 e. The monoisotopic (exact) mass is 436 g/mol. The van der Waals surface area contributed by atoms with Gasteiger partial charge in [0.15, 0.2) is 11.5 Å². The van der Waals surface area contributed by atoms with Crippen LogP contribution in [0.15, 0.2) is 23.1 Å². The molecule has 2 amide bonds. The van der Waals surface area contributed by atoms with Gasteiger partial charge in [0.05, 0.1) is 19.1 Å². The lowest BCUT2D eigenvalue weighted by atomic mass is 10.2. The summed E-state index contributed by atoms with van der Waals surface area (Å²) >= 11 is 7.66. The number of thiocarbonyl (C=S) groups is 1. The van der Waals surface area contributed by atoms with Crippen molar-refractivity contribution in [3.63, 3.8) is 0 Å². The van der Waals surface area contributed by atoms with Crippen LogP contribution >= 0.6 is 35.3 Å². The number of benzene rings is 1. The van der Waals surface area contributed by atoms with E-state index in [9.17, 15) is 9.59 Å². The van der Waals surface area contributed by atoms with Gasteiger partial charge in [-0.3, -0.25) is 19.8 Å². The summed E-state index contributed by atoms with van der Waals surface area (Å²) < 4.78 is 10.8. The fourth-order valence-corrected chi connectivity index (χ4v) is 4.24. The number of hydrogen-bond acceptors (Lipinski definition) is 9. The number of hydrogen-bond donors (Lipinski definition) is 1. The molecule has 1 fully saturated rings. The fraction of sp³-hybridized carbons (Fsp3) is 0.235. The number of nitrogens with zero attached hydrogens (tertiary/aromatic N) is 3. The molecule has 1 aromatic carbocycles. The van der Waals surface area contributed by atoms with Crippen molar-refractivity contribution in [1.29, 1.82) is 0 Å². The Morgan fingerprint density at radius 2 is 2.04 bits per heavy atom. The lowest BCUT2D eigenvalue weighted by Gasteiger charge is -2.13. The summed E-state index contributed by atoms with van der Waals surface area (Å²) in [5.41, 5.74) is 0.756. The summed E-state index contributed by atoms with van der Waals surface area (Å²) in [5.74, 6) is 0.433. The third-order valence-electron chi connectivity index (χ3n) is 3.65. The number of rotatable bonds is 6.